The highest BCUT2D eigenvalue weighted by molar-refractivity contribution is 6.09. The molecular formula is C48H34N2. The van der Waals surface area contributed by atoms with Crippen LogP contribution in [0.4, 0.5) is 17.1 Å². The molecule has 1 heterocycles. The Balaban J connectivity index is 1.24. The highest BCUT2D eigenvalue weighted by Gasteiger charge is 2.21. The first-order valence-corrected chi connectivity index (χ1v) is 17.1. The third-order valence-corrected chi connectivity index (χ3v) is 9.60. The molecule has 236 valence electrons. The van der Waals surface area contributed by atoms with E-state index in [9.17, 15) is 0 Å². The summed E-state index contributed by atoms with van der Waals surface area (Å²) in [5.74, 6) is 0. The van der Waals surface area contributed by atoms with Gasteiger partial charge >= 0.3 is 0 Å². The number of hydrogen-bond acceptors (Lipinski definition) is 1. The molecular weight excluding hydrogens is 605 g/mol. The Bertz CT molecular complexity index is 2530. The second-order valence-corrected chi connectivity index (χ2v) is 12.6. The summed E-state index contributed by atoms with van der Waals surface area (Å²) in [4.78, 5) is 2.42. The fraction of sp³-hybridized carbons (Fsp3) is 0. The Morgan fingerprint density at radius 1 is 0.320 bits per heavy atom. The highest BCUT2D eigenvalue weighted by atomic mass is 15.1. The van der Waals surface area contributed by atoms with Crippen LogP contribution in [0.5, 0.6) is 0 Å². The maximum absolute atomic E-state index is 2.42. The van der Waals surface area contributed by atoms with Crippen molar-refractivity contribution in [3.63, 3.8) is 0 Å². The van der Waals surface area contributed by atoms with Crippen molar-refractivity contribution in [2.45, 2.75) is 0 Å². The van der Waals surface area contributed by atoms with Crippen molar-refractivity contribution in [1.82, 2.24) is 4.57 Å². The van der Waals surface area contributed by atoms with E-state index >= 15 is 0 Å². The van der Waals surface area contributed by atoms with Gasteiger partial charge in [0, 0.05) is 33.3 Å². The summed E-state index contributed by atoms with van der Waals surface area (Å²) in [6, 6.07) is 74.1. The molecule has 0 amide bonds. The topological polar surface area (TPSA) is 8.17 Å². The quantitative estimate of drug-likeness (QED) is 0.169. The maximum atomic E-state index is 2.42. The van der Waals surface area contributed by atoms with Crippen LogP contribution < -0.4 is 4.90 Å². The molecule has 0 aliphatic heterocycles. The second kappa shape index (κ2) is 12.8. The van der Waals surface area contributed by atoms with E-state index in [1.807, 2.05) is 0 Å². The number of para-hydroxylation sites is 4. The molecule has 1 aromatic heterocycles. The van der Waals surface area contributed by atoms with E-state index in [1.165, 1.54) is 44.1 Å². The Morgan fingerprint density at radius 3 is 1.40 bits per heavy atom. The van der Waals surface area contributed by atoms with E-state index in [4.69, 9.17) is 0 Å². The number of fused-ring (bicyclic) bond motifs is 3. The van der Waals surface area contributed by atoms with Gasteiger partial charge in [-0.3, -0.25) is 0 Å². The molecule has 0 aliphatic rings. The summed E-state index contributed by atoms with van der Waals surface area (Å²) >= 11 is 0. The molecule has 0 saturated carbocycles. The van der Waals surface area contributed by atoms with E-state index in [0.29, 0.717) is 0 Å². The molecule has 2 nitrogen and oxygen atoms in total. The van der Waals surface area contributed by atoms with Crippen LogP contribution in [0.25, 0.3) is 60.9 Å². The minimum atomic E-state index is 1.10. The van der Waals surface area contributed by atoms with Crippen LogP contribution in [0.15, 0.2) is 206 Å². The standard InChI is InChI=1S/C48H34N2/c1-3-16-35(17-4-1)36-30-32-39(33-31-36)49(45-26-11-7-22-41(45)37-18-5-2-6-19-37)46-27-12-8-23-42(46)38-20-15-21-40(34-38)50-47-28-13-9-24-43(47)44-25-10-14-29-48(44)50/h1-34H. The zero-order valence-electron chi connectivity index (χ0n) is 27.5. The minimum absolute atomic E-state index is 1.10. The molecule has 0 fully saturated rings. The minimum Gasteiger partial charge on any atom is -0.309 e. The van der Waals surface area contributed by atoms with Crippen molar-refractivity contribution in [3.05, 3.63) is 206 Å². The van der Waals surface area contributed by atoms with E-state index < -0.39 is 0 Å². The molecule has 9 rings (SSSR count). The lowest BCUT2D eigenvalue weighted by molar-refractivity contribution is 1.18. The van der Waals surface area contributed by atoms with Crippen molar-refractivity contribution in [3.8, 4) is 39.1 Å². The predicted molar refractivity (Wildman–Crippen MR) is 212 cm³/mol. The Kier molecular flexibility index (Phi) is 7.53. The number of rotatable bonds is 7. The molecule has 0 bridgehead atoms. The van der Waals surface area contributed by atoms with Gasteiger partial charge in [-0.25, -0.2) is 0 Å². The predicted octanol–water partition coefficient (Wildman–Crippen LogP) is 13.3. The maximum Gasteiger partial charge on any atom is 0.0541 e. The molecule has 0 spiro atoms. The van der Waals surface area contributed by atoms with Gasteiger partial charge in [0.05, 0.1) is 22.4 Å². The van der Waals surface area contributed by atoms with Crippen molar-refractivity contribution in [2.75, 3.05) is 4.90 Å². The normalized spacial score (nSPS) is 11.2. The lowest BCUT2D eigenvalue weighted by Crippen LogP contribution is -2.12. The molecule has 0 radical (unpaired) electrons. The summed E-state index contributed by atoms with van der Waals surface area (Å²) in [5, 5.41) is 2.52. The average molecular weight is 639 g/mol. The molecule has 0 saturated heterocycles. The van der Waals surface area contributed by atoms with Crippen LogP contribution in [0.1, 0.15) is 0 Å². The smallest absolute Gasteiger partial charge is 0.0541 e. The molecule has 8 aromatic carbocycles. The van der Waals surface area contributed by atoms with E-state index in [1.54, 1.807) is 0 Å². The number of aromatic nitrogens is 1. The van der Waals surface area contributed by atoms with E-state index in [0.717, 1.165) is 33.9 Å². The van der Waals surface area contributed by atoms with Crippen LogP contribution in [0.3, 0.4) is 0 Å². The SMILES string of the molecule is c1ccc(-c2ccc(N(c3ccccc3-c3ccccc3)c3ccccc3-c3cccc(-n4c5ccccc5c5ccccc54)c3)cc2)cc1. The summed E-state index contributed by atoms with van der Waals surface area (Å²) in [7, 11) is 0. The molecule has 0 unspecified atom stereocenters. The Hall–Kier alpha value is -6.64. The zero-order valence-corrected chi connectivity index (χ0v) is 27.5. The number of nitrogens with zero attached hydrogens (tertiary/aromatic N) is 2. The van der Waals surface area contributed by atoms with Gasteiger partial charge in [-0.05, 0) is 70.8 Å². The lowest BCUT2D eigenvalue weighted by atomic mass is 9.98. The van der Waals surface area contributed by atoms with Crippen LogP contribution in [0.2, 0.25) is 0 Å². The monoisotopic (exact) mass is 638 g/mol. The zero-order chi connectivity index (χ0) is 33.3. The molecule has 50 heavy (non-hydrogen) atoms. The first-order chi connectivity index (χ1) is 24.8. The number of anilines is 3. The van der Waals surface area contributed by atoms with E-state index in [-0.39, 0.29) is 0 Å². The molecule has 0 aliphatic carbocycles. The van der Waals surface area contributed by atoms with Crippen LogP contribution in [-0.2, 0) is 0 Å². The van der Waals surface area contributed by atoms with Gasteiger partial charge in [0.2, 0.25) is 0 Å². The van der Waals surface area contributed by atoms with Crippen molar-refractivity contribution >= 4 is 38.9 Å². The van der Waals surface area contributed by atoms with Gasteiger partial charge in [0.1, 0.15) is 0 Å². The third kappa shape index (κ3) is 5.24. The molecule has 9 aromatic rings. The average Bonchev–Trinajstić information content (AvgIpc) is 3.54. The van der Waals surface area contributed by atoms with Crippen molar-refractivity contribution < 1.29 is 0 Å². The fourth-order valence-corrected chi connectivity index (χ4v) is 7.30. The Labute approximate surface area is 292 Å². The van der Waals surface area contributed by atoms with Gasteiger partial charge < -0.3 is 9.47 Å². The molecule has 0 atom stereocenters. The van der Waals surface area contributed by atoms with Crippen LogP contribution >= 0.6 is 0 Å². The second-order valence-electron chi connectivity index (χ2n) is 12.6. The summed E-state index contributed by atoms with van der Waals surface area (Å²) in [5.41, 5.74) is 13.9. The summed E-state index contributed by atoms with van der Waals surface area (Å²) < 4.78 is 2.39. The van der Waals surface area contributed by atoms with Crippen LogP contribution in [-0.4, -0.2) is 4.57 Å². The largest absolute Gasteiger partial charge is 0.309 e. The Morgan fingerprint density at radius 2 is 0.780 bits per heavy atom. The van der Waals surface area contributed by atoms with Gasteiger partial charge in [-0.15, -0.1) is 0 Å². The van der Waals surface area contributed by atoms with Crippen molar-refractivity contribution in [2.24, 2.45) is 0 Å². The van der Waals surface area contributed by atoms with Gasteiger partial charge in [-0.1, -0.05) is 158 Å². The number of hydrogen-bond donors (Lipinski definition) is 0. The summed E-state index contributed by atoms with van der Waals surface area (Å²) in [6.45, 7) is 0. The first-order valence-electron chi connectivity index (χ1n) is 17.1. The fourth-order valence-electron chi connectivity index (χ4n) is 7.30. The first kappa shape index (κ1) is 29.5. The number of benzene rings is 8. The third-order valence-electron chi connectivity index (χ3n) is 9.60. The van der Waals surface area contributed by atoms with Gasteiger partial charge in [0.15, 0.2) is 0 Å². The van der Waals surface area contributed by atoms with Crippen LogP contribution in [0, 0.1) is 0 Å². The highest BCUT2D eigenvalue weighted by Crippen LogP contribution is 2.45. The van der Waals surface area contributed by atoms with E-state index in [2.05, 4.69) is 216 Å². The molecule has 2 heteroatoms. The van der Waals surface area contributed by atoms with Gasteiger partial charge in [0.25, 0.3) is 0 Å². The van der Waals surface area contributed by atoms with Gasteiger partial charge in [-0.2, -0.15) is 0 Å². The molecule has 0 N–H and O–H groups in total. The lowest BCUT2D eigenvalue weighted by Gasteiger charge is -2.30. The van der Waals surface area contributed by atoms with Crippen molar-refractivity contribution in [1.29, 1.82) is 0 Å². The summed E-state index contributed by atoms with van der Waals surface area (Å²) in [6.07, 6.45) is 0.